The SMILES string of the molecule is CC(C)N(CCCCc1ccc(OC(=O)C2CCCC2)cc1)C(C)C. The lowest BCUT2D eigenvalue weighted by Crippen LogP contribution is -2.37. The van der Waals surface area contributed by atoms with E-state index in [4.69, 9.17) is 4.74 Å². The molecule has 0 amide bonds. The standard InChI is InChI=1S/C22H35NO2/c1-17(2)23(18(3)4)16-8-7-9-19-12-14-21(15-13-19)25-22(24)20-10-5-6-11-20/h12-15,17-18,20H,5-11,16H2,1-4H3. The van der Waals surface area contributed by atoms with E-state index in [1.165, 1.54) is 18.4 Å². The Hall–Kier alpha value is -1.35. The molecule has 0 heterocycles. The van der Waals surface area contributed by atoms with Gasteiger partial charge < -0.3 is 4.74 Å². The van der Waals surface area contributed by atoms with Crippen LogP contribution in [0.25, 0.3) is 0 Å². The van der Waals surface area contributed by atoms with E-state index < -0.39 is 0 Å². The summed E-state index contributed by atoms with van der Waals surface area (Å²) in [5.74, 6) is 0.753. The second-order valence-corrected chi connectivity index (χ2v) is 7.93. The molecule has 140 valence electrons. The molecule has 0 aromatic heterocycles. The van der Waals surface area contributed by atoms with Crippen LogP contribution in [0.1, 0.15) is 71.8 Å². The van der Waals surface area contributed by atoms with Crippen LogP contribution in [-0.4, -0.2) is 29.5 Å². The third-order valence-electron chi connectivity index (χ3n) is 5.29. The maximum atomic E-state index is 12.1. The molecule has 1 aromatic rings. The highest BCUT2D eigenvalue weighted by Crippen LogP contribution is 2.26. The minimum Gasteiger partial charge on any atom is -0.426 e. The average molecular weight is 346 g/mol. The number of carbonyl (C=O) groups is 1. The number of hydrogen-bond donors (Lipinski definition) is 0. The van der Waals surface area contributed by atoms with Gasteiger partial charge in [0.1, 0.15) is 5.75 Å². The van der Waals surface area contributed by atoms with Gasteiger partial charge in [-0.15, -0.1) is 0 Å². The van der Waals surface area contributed by atoms with Crippen LogP contribution in [0, 0.1) is 5.92 Å². The fourth-order valence-corrected chi connectivity index (χ4v) is 3.82. The minimum atomic E-state index is -0.0484. The minimum absolute atomic E-state index is 0.0484. The van der Waals surface area contributed by atoms with Crippen molar-refractivity contribution in [2.75, 3.05) is 6.54 Å². The number of ether oxygens (including phenoxy) is 1. The summed E-state index contributed by atoms with van der Waals surface area (Å²) in [6.07, 6.45) is 7.78. The predicted octanol–water partition coefficient (Wildman–Crippen LogP) is 5.22. The van der Waals surface area contributed by atoms with E-state index in [9.17, 15) is 4.79 Å². The Bertz CT molecular complexity index is 507. The topological polar surface area (TPSA) is 29.5 Å². The fourth-order valence-electron chi connectivity index (χ4n) is 3.82. The van der Waals surface area contributed by atoms with Gasteiger partial charge in [0.2, 0.25) is 0 Å². The molecule has 1 saturated carbocycles. The first-order valence-corrected chi connectivity index (χ1v) is 10.0. The molecule has 1 aliphatic rings. The zero-order chi connectivity index (χ0) is 18.2. The highest BCUT2D eigenvalue weighted by molar-refractivity contribution is 5.75. The Morgan fingerprint density at radius 1 is 1.04 bits per heavy atom. The molecule has 2 rings (SSSR count). The summed E-state index contributed by atoms with van der Waals surface area (Å²) >= 11 is 0. The number of esters is 1. The van der Waals surface area contributed by atoms with E-state index in [2.05, 4.69) is 44.7 Å². The number of nitrogens with zero attached hydrogens (tertiary/aromatic N) is 1. The van der Waals surface area contributed by atoms with Crippen molar-refractivity contribution >= 4 is 5.97 Å². The first-order valence-electron chi connectivity index (χ1n) is 10.0. The third-order valence-corrected chi connectivity index (χ3v) is 5.29. The van der Waals surface area contributed by atoms with E-state index in [0.29, 0.717) is 17.8 Å². The van der Waals surface area contributed by atoms with Crippen LogP contribution in [0.15, 0.2) is 24.3 Å². The van der Waals surface area contributed by atoms with Gasteiger partial charge in [0.05, 0.1) is 5.92 Å². The summed E-state index contributed by atoms with van der Waals surface area (Å²) in [5, 5.41) is 0. The second-order valence-electron chi connectivity index (χ2n) is 7.93. The number of hydrogen-bond acceptors (Lipinski definition) is 3. The molecule has 25 heavy (non-hydrogen) atoms. The summed E-state index contributed by atoms with van der Waals surface area (Å²) in [6.45, 7) is 10.2. The van der Waals surface area contributed by atoms with Gasteiger partial charge in [-0.05, 0) is 84.0 Å². The Balaban J connectivity index is 1.72. The van der Waals surface area contributed by atoms with E-state index in [1.807, 2.05) is 12.1 Å². The maximum Gasteiger partial charge on any atom is 0.314 e. The monoisotopic (exact) mass is 345 g/mol. The highest BCUT2D eigenvalue weighted by Gasteiger charge is 2.24. The molecule has 3 heteroatoms. The normalized spacial score (nSPS) is 15.5. The van der Waals surface area contributed by atoms with E-state index >= 15 is 0 Å². The smallest absolute Gasteiger partial charge is 0.314 e. The van der Waals surface area contributed by atoms with Crippen LogP contribution in [0.5, 0.6) is 5.75 Å². The summed E-state index contributed by atoms with van der Waals surface area (Å²) in [4.78, 5) is 14.6. The lowest BCUT2D eigenvalue weighted by Gasteiger charge is -2.30. The molecule has 0 saturated heterocycles. The van der Waals surface area contributed by atoms with Gasteiger partial charge in [0.25, 0.3) is 0 Å². The van der Waals surface area contributed by atoms with Crippen molar-refractivity contribution in [3.05, 3.63) is 29.8 Å². The Morgan fingerprint density at radius 3 is 2.20 bits per heavy atom. The van der Waals surface area contributed by atoms with Crippen LogP contribution >= 0.6 is 0 Å². The van der Waals surface area contributed by atoms with E-state index in [0.717, 1.165) is 38.6 Å². The van der Waals surface area contributed by atoms with Gasteiger partial charge >= 0.3 is 5.97 Å². The largest absolute Gasteiger partial charge is 0.426 e. The van der Waals surface area contributed by atoms with E-state index in [1.54, 1.807) is 0 Å². The molecule has 0 spiro atoms. The quantitative estimate of drug-likeness (QED) is 0.349. The molecule has 0 bridgehead atoms. The van der Waals surface area contributed by atoms with Crippen LogP contribution in [-0.2, 0) is 11.2 Å². The van der Waals surface area contributed by atoms with Crippen LogP contribution < -0.4 is 4.74 Å². The van der Waals surface area contributed by atoms with Crippen molar-refractivity contribution in [1.29, 1.82) is 0 Å². The summed E-state index contributed by atoms with van der Waals surface area (Å²) in [5.41, 5.74) is 1.32. The molecule has 0 radical (unpaired) electrons. The average Bonchev–Trinajstić information content (AvgIpc) is 3.10. The van der Waals surface area contributed by atoms with Crippen molar-refractivity contribution in [3.63, 3.8) is 0 Å². The molecule has 1 fully saturated rings. The number of aryl methyl sites for hydroxylation is 1. The van der Waals surface area contributed by atoms with Crippen LogP contribution in [0.3, 0.4) is 0 Å². The first-order chi connectivity index (χ1) is 12.0. The van der Waals surface area contributed by atoms with Crippen molar-refractivity contribution in [2.45, 2.75) is 84.7 Å². The molecule has 0 aliphatic heterocycles. The third kappa shape index (κ3) is 6.47. The predicted molar refractivity (Wildman–Crippen MR) is 104 cm³/mol. The molecule has 1 aliphatic carbocycles. The van der Waals surface area contributed by atoms with Crippen LogP contribution in [0.4, 0.5) is 0 Å². The molecule has 0 unspecified atom stereocenters. The van der Waals surface area contributed by atoms with Gasteiger partial charge in [-0.25, -0.2) is 0 Å². The summed E-state index contributed by atoms with van der Waals surface area (Å²) in [6, 6.07) is 9.29. The second kappa shape index (κ2) is 9.96. The molecule has 3 nitrogen and oxygen atoms in total. The Morgan fingerprint density at radius 2 is 1.64 bits per heavy atom. The summed E-state index contributed by atoms with van der Waals surface area (Å²) < 4.78 is 5.52. The van der Waals surface area contributed by atoms with Crippen molar-refractivity contribution in [2.24, 2.45) is 5.92 Å². The lowest BCUT2D eigenvalue weighted by atomic mass is 10.1. The zero-order valence-electron chi connectivity index (χ0n) is 16.5. The first kappa shape index (κ1) is 20.0. The van der Waals surface area contributed by atoms with Gasteiger partial charge in [0.15, 0.2) is 0 Å². The molecule has 1 aromatic carbocycles. The van der Waals surface area contributed by atoms with Crippen molar-refractivity contribution in [3.8, 4) is 5.75 Å². The highest BCUT2D eigenvalue weighted by atomic mass is 16.5. The van der Waals surface area contributed by atoms with E-state index in [-0.39, 0.29) is 11.9 Å². The Labute approximate surface area is 153 Å². The summed E-state index contributed by atoms with van der Waals surface area (Å²) in [7, 11) is 0. The van der Waals surface area contributed by atoms with Crippen LogP contribution in [0.2, 0.25) is 0 Å². The zero-order valence-corrected chi connectivity index (χ0v) is 16.5. The fraction of sp³-hybridized carbons (Fsp3) is 0.682. The molecular formula is C22H35NO2. The van der Waals surface area contributed by atoms with Gasteiger partial charge in [-0.3, -0.25) is 9.69 Å². The van der Waals surface area contributed by atoms with Gasteiger partial charge in [-0.2, -0.15) is 0 Å². The number of carbonyl (C=O) groups excluding carboxylic acids is 1. The molecular weight excluding hydrogens is 310 g/mol. The maximum absolute atomic E-state index is 12.1. The Kier molecular flexibility index (Phi) is 7.95. The number of unbranched alkanes of at least 4 members (excludes halogenated alkanes) is 1. The number of rotatable bonds is 9. The lowest BCUT2D eigenvalue weighted by molar-refractivity contribution is -0.138. The molecule has 0 atom stereocenters. The molecule has 0 N–H and O–H groups in total. The van der Waals surface area contributed by atoms with Crippen molar-refractivity contribution < 1.29 is 9.53 Å². The van der Waals surface area contributed by atoms with Gasteiger partial charge in [0, 0.05) is 12.1 Å². The number of benzene rings is 1. The van der Waals surface area contributed by atoms with Gasteiger partial charge in [-0.1, -0.05) is 25.0 Å². The van der Waals surface area contributed by atoms with Crippen molar-refractivity contribution in [1.82, 2.24) is 4.90 Å².